The minimum Gasteiger partial charge on any atom is -0.488 e. The highest BCUT2D eigenvalue weighted by Crippen LogP contribution is 2.25. The highest BCUT2D eigenvalue weighted by atomic mass is 35.5. The molecule has 0 saturated heterocycles. The zero-order valence-electron chi connectivity index (χ0n) is 11.4. The van der Waals surface area contributed by atoms with E-state index in [2.05, 4.69) is 32.0 Å². The Morgan fingerprint density at radius 2 is 1.95 bits per heavy atom. The quantitative estimate of drug-likeness (QED) is 0.861. The molecule has 20 heavy (non-hydrogen) atoms. The maximum atomic E-state index is 6.00. The van der Waals surface area contributed by atoms with E-state index in [1.54, 1.807) is 18.2 Å². The smallest absolute Gasteiger partial charge is 0.131 e. The van der Waals surface area contributed by atoms with Crippen LogP contribution in [0.2, 0.25) is 5.02 Å². The van der Waals surface area contributed by atoms with Gasteiger partial charge in [-0.25, -0.2) is 0 Å². The number of ether oxygens (including phenoxy) is 1. The molecule has 0 spiro atoms. The standard InChI is InChI=1S/C16H16ClNOS/c1-10-3-4-11(2)12(7-10)9-19-15-8-13(17)5-6-14(15)16(18)20/h3-8H,9H2,1-2H3,(H2,18,20). The Morgan fingerprint density at radius 3 is 2.65 bits per heavy atom. The van der Waals surface area contributed by atoms with Gasteiger partial charge in [-0.05, 0) is 43.2 Å². The van der Waals surface area contributed by atoms with E-state index in [9.17, 15) is 0 Å². The fourth-order valence-electron chi connectivity index (χ4n) is 1.93. The molecule has 0 heterocycles. The molecule has 0 bridgehead atoms. The fraction of sp³-hybridized carbons (Fsp3) is 0.188. The van der Waals surface area contributed by atoms with Gasteiger partial charge in [0.05, 0.1) is 5.56 Å². The molecular formula is C16H16ClNOS. The summed E-state index contributed by atoms with van der Waals surface area (Å²) in [6.45, 7) is 4.58. The molecule has 0 saturated carbocycles. The minimum atomic E-state index is 0.303. The van der Waals surface area contributed by atoms with Gasteiger partial charge in [0, 0.05) is 5.02 Å². The number of thiocarbonyl (C=S) groups is 1. The summed E-state index contributed by atoms with van der Waals surface area (Å²) < 4.78 is 5.85. The molecule has 2 aromatic rings. The number of nitrogens with two attached hydrogens (primary N) is 1. The molecule has 104 valence electrons. The number of aryl methyl sites for hydroxylation is 2. The highest BCUT2D eigenvalue weighted by molar-refractivity contribution is 7.80. The van der Waals surface area contributed by atoms with Gasteiger partial charge in [0.1, 0.15) is 17.3 Å². The van der Waals surface area contributed by atoms with E-state index >= 15 is 0 Å². The molecule has 0 aromatic heterocycles. The van der Waals surface area contributed by atoms with E-state index in [0.717, 1.165) is 5.56 Å². The first kappa shape index (κ1) is 14.8. The van der Waals surface area contributed by atoms with Crippen LogP contribution in [0.4, 0.5) is 0 Å². The predicted octanol–water partition coefficient (Wildman–Crippen LogP) is 4.17. The number of rotatable bonds is 4. The first-order valence-corrected chi connectivity index (χ1v) is 7.04. The summed E-state index contributed by atoms with van der Waals surface area (Å²) >= 11 is 11.0. The lowest BCUT2D eigenvalue weighted by Gasteiger charge is -2.13. The second-order valence-corrected chi connectivity index (χ2v) is 5.60. The normalized spacial score (nSPS) is 10.3. The first-order valence-electron chi connectivity index (χ1n) is 6.25. The molecule has 0 fully saturated rings. The van der Waals surface area contributed by atoms with Crippen LogP contribution in [0.3, 0.4) is 0 Å². The van der Waals surface area contributed by atoms with E-state index < -0.39 is 0 Å². The van der Waals surface area contributed by atoms with Gasteiger partial charge in [-0.3, -0.25) is 0 Å². The summed E-state index contributed by atoms with van der Waals surface area (Å²) in [7, 11) is 0. The predicted molar refractivity (Wildman–Crippen MR) is 87.6 cm³/mol. The Balaban J connectivity index is 2.24. The third-order valence-corrected chi connectivity index (χ3v) is 3.55. The lowest BCUT2D eigenvalue weighted by atomic mass is 10.1. The largest absolute Gasteiger partial charge is 0.488 e. The lowest BCUT2D eigenvalue weighted by molar-refractivity contribution is 0.305. The summed E-state index contributed by atoms with van der Waals surface area (Å²) in [6, 6.07) is 11.5. The summed E-state index contributed by atoms with van der Waals surface area (Å²) in [6.07, 6.45) is 0. The monoisotopic (exact) mass is 305 g/mol. The SMILES string of the molecule is Cc1ccc(C)c(COc2cc(Cl)ccc2C(N)=S)c1. The summed E-state index contributed by atoms with van der Waals surface area (Å²) in [5.41, 5.74) is 9.93. The van der Waals surface area contributed by atoms with Gasteiger partial charge in [0.2, 0.25) is 0 Å². The van der Waals surface area contributed by atoms with E-state index in [-0.39, 0.29) is 0 Å². The maximum absolute atomic E-state index is 6.00. The van der Waals surface area contributed by atoms with Crippen LogP contribution in [0.1, 0.15) is 22.3 Å². The first-order chi connectivity index (χ1) is 9.47. The molecule has 2 aromatic carbocycles. The lowest BCUT2D eigenvalue weighted by Crippen LogP contribution is -2.12. The molecular weight excluding hydrogens is 290 g/mol. The molecule has 2 rings (SSSR count). The molecule has 0 unspecified atom stereocenters. The van der Waals surface area contributed by atoms with E-state index in [4.69, 9.17) is 34.3 Å². The molecule has 0 amide bonds. The molecule has 4 heteroatoms. The Labute approximate surface area is 129 Å². The Morgan fingerprint density at radius 1 is 1.20 bits per heavy atom. The fourth-order valence-corrected chi connectivity index (χ4v) is 2.26. The van der Waals surface area contributed by atoms with Crippen molar-refractivity contribution >= 4 is 28.8 Å². The average molecular weight is 306 g/mol. The molecule has 2 nitrogen and oxygen atoms in total. The second-order valence-electron chi connectivity index (χ2n) is 4.72. The van der Waals surface area contributed by atoms with Gasteiger partial charge in [-0.1, -0.05) is 47.6 Å². The summed E-state index contributed by atoms with van der Waals surface area (Å²) in [5, 5.41) is 0.598. The van der Waals surface area contributed by atoms with Crippen molar-refractivity contribution in [3.8, 4) is 5.75 Å². The van der Waals surface area contributed by atoms with Crippen LogP contribution in [0.15, 0.2) is 36.4 Å². The number of hydrogen-bond donors (Lipinski definition) is 1. The molecule has 0 aliphatic rings. The molecule has 0 aliphatic heterocycles. The Bertz CT molecular complexity index is 655. The van der Waals surface area contributed by atoms with Gasteiger partial charge in [-0.15, -0.1) is 0 Å². The van der Waals surface area contributed by atoms with Crippen molar-refractivity contribution in [3.05, 3.63) is 63.7 Å². The van der Waals surface area contributed by atoms with Crippen LogP contribution in [0.5, 0.6) is 5.75 Å². The van der Waals surface area contributed by atoms with E-state index in [1.165, 1.54) is 11.1 Å². The topological polar surface area (TPSA) is 35.2 Å². The molecule has 0 aliphatic carbocycles. The van der Waals surface area contributed by atoms with Crippen molar-refractivity contribution in [1.82, 2.24) is 0 Å². The number of benzene rings is 2. The minimum absolute atomic E-state index is 0.303. The van der Waals surface area contributed by atoms with E-state index in [0.29, 0.717) is 27.9 Å². The summed E-state index contributed by atoms with van der Waals surface area (Å²) in [4.78, 5) is 0.303. The van der Waals surface area contributed by atoms with Gasteiger partial charge < -0.3 is 10.5 Å². The van der Waals surface area contributed by atoms with Gasteiger partial charge in [0.25, 0.3) is 0 Å². The van der Waals surface area contributed by atoms with Crippen molar-refractivity contribution in [3.63, 3.8) is 0 Å². The Kier molecular flexibility index (Phi) is 4.63. The zero-order valence-corrected chi connectivity index (χ0v) is 13.0. The summed E-state index contributed by atoms with van der Waals surface area (Å²) in [5.74, 6) is 0.617. The van der Waals surface area contributed by atoms with Crippen LogP contribution in [-0.2, 0) is 6.61 Å². The highest BCUT2D eigenvalue weighted by Gasteiger charge is 2.08. The van der Waals surface area contributed by atoms with Crippen LogP contribution in [0.25, 0.3) is 0 Å². The van der Waals surface area contributed by atoms with Crippen molar-refractivity contribution in [2.75, 3.05) is 0 Å². The van der Waals surface area contributed by atoms with Crippen molar-refractivity contribution in [2.24, 2.45) is 5.73 Å². The van der Waals surface area contributed by atoms with Crippen LogP contribution < -0.4 is 10.5 Å². The van der Waals surface area contributed by atoms with E-state index in [1.807, 2.05) is 0 Å². The molecule has 0 atom stereocenters. The Hall–Kier alpha value is -1.58. The van der Waals surface area contributed by atoms with Gasteiger partial charge >= 0.3 is 0 Å². The number of hydrogen-bond acceptors (Lipinski definition) is 2. The maximum Gasteiger partial charge on any atom is 0.131 e. The zero-order chi connectivity index (χ0) is 14.7. The number of halogens is 1. The molecule has 0 radical (unpaired) electrons. The van der Waals surface area contributed by atoms with Crippen LogP contribution in [-0.4, -0.2) is 4.99 Å². The van der Waals surface area contributed by atoms with Crippen molar-refractivity contribution in [2.45, 2.75) is 20.5 Å². The van der Waals surface area contributed by atoms with Crippen molar-refractivity contribution in [1.29, 1.82) is 0 Å². The third kappa shape index (κ3) is 3.50. The van der Waals surface area contributed by atoms with Crippen molar-refractivity contribution < 1.29 is 4.74 Å². The molecule has 2 N–H and O–H groups in total. The third-order valence-electron chi connectivity index (χ3n) is 3.10. The second kappa shape index (κ2) is 6.25. The van der Waals surface area contributed by atoms with Crippen LogP contribution in [0, 0.1) is 13.8 Å². The van der Waals surface area contributed by atoms with Gasteiger partial charge in [-0.2, -0.15) is 0 Å². The average Bonchev–Trinajstić information content (AvgIpc) is 2.39. The van der Waals surface area contributed by atoms with Gasteiger partial charge in [0.15, 0.2) is 0 Å². The van der Waals surface area contributed by atoms with Crippen LogP contribution >= 0.6 is 23.8 Å².